The molecule has 0 atom stereocenters. The average Bonchev–Trinajstić information content (AvgIpc) is 2.32. The van der Waals surface area contributed by atoms with Gasteiger partial charge in [0.2, 0.25) is 0 Å². The van der Waals surface area contributed by atoms with Crippen LogP contribution in [0.5, 0.6) is 0 Å². The summed E-state index contributed by atoms with van der Waals surface area (Å²) in [5.74, 6) is 0. The normalized spacial score (nSPS) is 15.1. The minimum atomic E-state index is 1.05. The SMILES string of the molecule is C=C1c2ccc(C)cc2C=C[C](=[V])N1C. The Morgan fingerprint density at radius 3 is 2.73 bits per heavy atom. The van der Waals surface area contributed by atoms with E-state index in [2.05, 4.69) is 65.7 Å². The molecule has 15 heavy (non-hydrogen) atoms. The minimum absolute atomic E-state index is 1.05. The van der Waals surface area contributed by atoms with E-state index in [1.54, 1.807) is 0 Å². The standard InChI is InChI=1S/C13H13N.V/c1-10-6-7-13-11(2)14(3)8-4-5-12(13)9-10;/h4-7,9H,2H2,1,3H3;. The Kier molecular flexibility index (Phi) is 2.68. The van der Waals surface area contributed by atoms with E-state index in [-0.39, 0.29) is 0 Å². The topological polar surface area (TPSA) is 3.24 Å². The number of likely N-dealkylation sites (N-methyl/N-ethyl adjacent to an activating group) is 1. The number of hydrogen-bond acceptors (Lipinski definition) is 1. The third kappa shape index (κ3) is 1.85. The summed E-state index contributed by atoms with van der Waals surface area (Å²) in [4.78, 5) is 2.09. The molecule has 1 aromatic carbocycles. The summed E-state index contributed by atoms with van der Waals surface area (Å²) in [6.07, 6.45) is 4.25. The van der Waals surface area contributed by atoms with Gasteiger partial charge >= 0.3 is 99.5 Å². The van der Waals surface area contributed by atoms with Crippen molar-refractivity contribution in [2.24, 2.45) is 0 Å². The van der Waals surface area contributed by atoms with Gasteiger partial charge < -0.3 is 0 Å². The van der Waals surface area contributed by atoms with Crippen molar-refractivity contribution in [2.45, 2.75) is 6.92 Å². The van der Waals surface area contributed by atoms with Crippen molar-refractivity contribution < 1.29 is 17.0 Å². The van der Waals surface area contributed by atoms with E-state index in [4.69, 9.17) is 0 Å². The van der Waals surface area contributed by atoms with E-state index in [0.717, 1.165) is 10.0 Å². The van der Waals surface area contributed by atoms with Crippen LogP contribution in [0.3, 0.4) is 0 Å². The first-order chi connectivity index (χ1) is 7.09. The van der Waals surface area contributed by atoms with E-state index >= 15 is 0 Å². The summed E-state index contributed by atoms with van der Waals surface area (Å²) < 4.78 is 1.15. The number of fused-ring (bicyclic) bond motifs is 1. The Hall–Kier alpha value is -1.05. The molecule has 0 amide bonds. The summed E-state index contributed by atoms with van der Waals surface area (Å²) in [7, 11) is 2.04. The molecule has 1 aromatic rings. The Morgan fingerprint density at radius 1 is 1.27 bits per heavy atom. The van der Waals surface area contributed by atoms with Crippen LogP contribution in [0.2, 0.25) is 0 Å². The Labute approximate surface area is 99.6 Å². The van der Waals surface area contributed by atoms with E-state index < -0.39 is 0 Å². The fraction of sp³-hybridized carbons (Fsp3) is 0.154. The van der Waals surface area contributed by atoms with Crippen molar-refractivity contribution >= 4 is 16.1 Å². The molecule has 1 heterocycles. The predicted molar refractivity (Wildman–Crippen MR) is 62.0 cm³/mol. The second-order valence-corrected chi connectivity index (χ2v) is 4.50. The van der Waals surface area contributed by atoms with Crippen molar-refractivity contribution in [3.05, 3.63) is 47.5 Å². The summed E-state index contributed by atoms with van der Waals surface area (Å²) in [5, 5.41) is 0. The maximum atomic E-state index is 4.13. The van der Waals surface area contributed by atoms with Crippen LogP contribution < -0.4 is 0 Å². The van der Waals surface area contributed by atoms with Crippen LogP contribution in [0.4, 0.5) is 0 Å². The Morgan fingerprint density at radius 2 is 2.00 bits per heavy atom. The molecule has 0 saturated carbocycles. The Balaban J connectivity index is 2.61. The molecule has 0 unspecified atom stereocenters. The first-order valence-corrected chi connectivity index (χ1v) is 5.57. The molecule has 0 bridgehead atoms. The number of nitrogens with zero attached hydrogens (tertiary/aromatic N) is 1. The van der Waals surface area contributed by atoms with Crippen molar-refractivity contribution in [1.82, 2.24) is 4.90 Å². The van der Waals surface area contributed by atoms with E-state index in [1.165, 1.54) is 16.7 Å². The zero-order chi connectivity index (χ0) is 11.0. The van der Waals surface area contributed by atoms with Gasteiger partial charge in [-0.3, -0.25) is 0 Å². The van der Waals surface area contributed by atoms with Gasteiger partial charge in [0.1, 0.15) is 0 Å². The van der Waals surface area contributed by atoms with Gasteiger partial charge in [-0.2, -0.15) is 0 Å². The Bertz CT molecular complexity index is 471. The van der Waals surface area contributed by atoms with Gasteiger partial charge in [0.15, 0.2) is 0 Å². The second-order valence-electron chi connectivity index (χ2n) is 3.79. The average molecular weight is 234 g/mol. The molecule has 0 saturated heterocycles. The molecule has 0 N–H and O–H groups in total. The number of benzene rings is 1. The first-order valence-electron chi connectivity index (χ1n) is 4.87. The summed E-state index contributed by atoms with van der Waals surface area (Å²) in [6.45, 7) is 6.24. The fourth-order valence-electron chi connectivity index (χ4n) is 1.68. The maximum absolute atomic E-state index is 4.13. The van der Waals surface area contributed by atoms with Crippen LogP contribution in [0, 0.1) is 6.92 Å². The molecule has 0 spiro atoms. The summed E-state index contributed by atoms with van der Waals surface area (Å²) in [5.41, 5.74) is 4.78. The quantitative estimate of drug-likeness (QED) is 0.667. The zero-order valence-corrected chi connectivity index (χ0v) is 10.4. The molecule has 2 rings (SSSR count). The van der Waals surface area contributed by atoms with E-state index in [0.29, 0.717) is 0 Å². The predicted octanol–water partition coefficient (Wildman–Crippen LogP) is 2.60. The first kappa shape index (κ1) is 10.5. The molecule has 75 valence electrons. The van der Waals surface area contributed by atoms with Crippen molar-refractivity contribution in [1.29, 1.82) is 0 Å². The van der Waals surface area contributed by atoms with Crippen LogP contribution in [-0.4, -0.2) is 16.3 Å². The third-order valence-corrected chi connectivity index (χ3v) is 3.38. The van der Waals surface area contributed by atoms with Crippen LogP contribution in [-0.2, 0) is 17.0 Å². The molecule has 0 fully saturated rings. The molecule has 2 heteroatoms. The summed E-state index contributed by atoms with van der Waals surface area (Å²) in [6, 6.07) is 6.46. The van der Waals surface area contributed by atoms with Gasteiger partial charge in [0.05, 0.1) is 0 Å². The zero-order valence-electron chi connectivity index (χ0n) is 8.99. The third-order valence-electron chi connectivity index (χ3n) is 2.68. The monoisotopic (exact) mass is 234 g/mol. The molecule has 0 radical (unpaired) electrons. The van der Waals surface area contributed by atoms with Crippen LogP contribution >= 0.6 is 0 Å². The van der Waals surface area contributed by atoms with E-state index in [1.807, 2.05) is 7.05 Å². The fourth-order valence-corrected chi connectivity index (χ4v) is 1.98. The number of rotatable bonds is 0. The molecule has 1 aliphatic rings. The van der Waals surface area contributed by atoms with E-state index in [9.17, 15) is 0 Å². The second kappa shape index (κ2) is 3.84. The van der Waals surface area contributed by atoms with Gasteiger partial charge in [-0.25, -0.2) is 0 Å². The van der Waals surface area contributed by atoms with Crippen molar-refractivity contribution in [3.8, 4) is 0 Å². The van der Waals surface area contributed by atoms with Crippen molar-refractivity contribution in [3.63, 3.8) is 0 Å². The summed E-state index contributed by atoms with van der Waals surface area (Å²) >= 11 is 2.57. The van der Waals surface area contributed by atoms with Gasteiger partial charge in [-0.05, 0) is 0 Å². The number of hydrogen-bond donors (Lipinski definition) is 0. The van der Waals surface area contributed by atoms with Gasteiger partial charge in [-0.15, -0.1) is 0 Å². The molecule has 1 aliphatic heterocycles. The van der Waals surface area contributed by atoms with Crippen LogP contribution in [0.15, 0.2) is 30.9 Å². The molecular weight excluding hydrogens is 221 g/mol. The van der Waals surface area contributed by atoms with Gasteiger partial charge in [0.25, 0.3) is 0 Å². The van der Waals surface area contributed by atoms with Crippen molar-refractivity contribution in [2.75, 3.05) is 7.05 Å². The van der Waals surface area contributed by atoms with Gasteiger partial charge in [0, 0.05) is 0 Å². The number of aryl methyl sites for hydroxylation is 1. The molecule has 0 aromatic heterocycles. The molecule has 1 nitrogen and oxygen atoms in total. The van der Waals surface area contributed by atoms with Gasteiger partial charge in [-0.1, -0.05) is 0 Å². The molecular formula is C13H13NV. The van der Waals surface area contributed by atoms with Crippen LogP contribution in [0.25, 0.3) is 11.8 Å². The van der Waals surface area contributed by atoms with Crippen LogP contribution in [0.1, 0.15) is 16.7 Å². The molecule has 0 aliphatic carbocycles.